The van der Waals surface area contributed by atoms with Crippen molar-refractivity contribution < 1.29 is 19.1 Å². The van der Waals surface area contributed by atoms with Crippen LogP contribution in [0.15, 0.2) is 30.3 Å². The largest absolute Gasteiger partial charge is 0.445 e. The molecule has 2 heterocycles. The molecule has 0 aliphatic carbocycles. The number of hydrogen-bond donors (Lipinski definition) is 1. The maximum absolute atomic E-state index is 12.3. The molecule has 0 bridgehead atoms. The van der Waals surface area contributed by atoms with Gasteiger partial charge >= 0.3 is 6.09 Å². The predicted octanol–water partition coefficient (Wildman–Crippen LogP) is 0.744. The number of carbonyl (C=O) groups excluding carboxylic acids is 3. The minimum Gasteiger partial charge on any atom is -0.445 e. The number of amides is 3. The number of benzene rings is 1. The van der Waals surface area contributed by atoms with Crippen molar-refractivity contribution in [1.29, 1.82) is 0 Å². The molecule has 3 rings (SSSR count). The number of piperazine rings is 2. The number of hydrogen-bond acceptors (Lipinski definition) is 4. The lowest BCUT2D eigenvalue weighted by molar-refractivity contribution is -0.152. The van der Waals surface area contributed by atoms with Gasteiger partial charge in [0, 0.05) is 13.1 Å². The van der Waals surface area contributed by atoms with Gasteiger partial charge in [-0.1, -0.05) is 37.3 Å². The standard InChI is InChI=1S/C17H21N3O4/c1-2-13-16(22)20-9-8-19(10-14(20)15(21)18-13)17(23)24-11-12-6-4-3-5-7-12/h3-7,13-14H,2,8-11H2,1H3,(H,18,21)/t13-,14+/m0/s1. The first kappa shape index (κ1) is 16.3. The molecule has 2 aliphatic rings. The second-order valence-electron chi connectivity index (χ2n) is 6.00. The van der Waals surface area contributed by atoms with Gasteiger partial charge in [0.25, 0.3) is 0 Å². The normalized spacial score (nSPS) is 23.5. The van der Waals surface area contributed by atoms with Gasteiger partial charge in [0.05, 0.1) is 6.54 Å². The molecule has 1 N–H and O–H groups in total. The third-order valence-electron chi connectivity index (χ3n) is 4.45. The van der Waals surface area contributed by atoms with Gasteiger partial charge < -0.3 is 19.9 Å². The predicted molar refractivity (Wildman–Crippen MR) is 85.9 cm³/mol. The van der Waals surface area contributed by atoms with Crippen LogP contribution in [0.3, 0.4) is 0 Å². The van der Waals surface area contributed by atoms with E-state index in [0.29, 0.717) is 19.5 Å². The molecule has 2 aliphatic heterocycles. The Labute approximate surface area is 140 Å². The first-order valence-corrected chi connectivity index (χ1v) is 8.16. The lowest BCUT2D eigenvalue weighted by Gasteiger charge is -2.44. The number of carbonyl (C=O) groups is 3. The molecule has 24 heavy (non-hydrogen) atoms. The number of fused-ring (bicyclic) bond motifs is 1. The zero-order chi connectivity index (χ0) is 17.1. The summed E-state index contributed by atoms with van der Waals surface area (Å²) in [6, 6.07) is 8.33. The summed E-state index contributed by atoms with van der Waals surface area (Å²) in [4.78, 5) is 39.8. The van der Waals surface area contributed by atoms with Crippen LogP contribution in [0.25, 0.3) is 0 Å². The van der Waals surface area contributed by atoms with E-state index in [9.17, 15) is 14.4 Å². The Morgan fingerprint density at radius 3 is 2.71 bits per heavy atom. The third kappa shape index (κ3) is 3.20. The van der Waals surface area contributed by atoms with Crippen molar-refractivity contribution in [3.05, 3.63) is 35.9 Å². The molecule has 2 fully saturated rings. The van der Waals surface area contributed by atoms with E-state index in [0.717, 1.165) is 5.56 Å². The van der Waals surface area contributed by atoms with Crippen LogP contribution in [-0.4, -0.2) is 59.4 Å². The highest BCUT2D eigenvalue weighted by Gasteiger charge is 2.43. The van der Waals surface area contributed by atoms with E-state index >= 15 is 0 Å². The fourth-order valence-electron chi connectivity index (χ4n) is 3.05. The van der Waals surface area contributed by atoms with Crippen LogP contribution in [0, 0.1) is 0 Å². The summed E-state index contributed by atoms with van der Waals surface area (Å²) in [6.45, 7) is 2.95. The molecule has 7 heteroatoms. The Kier molecular flexibility index (Phi) is 4.69. The van der Waals surface area contributed by atoms with Crippen LogP contribution >= 0.6 is 0 Å². The minimum absolute atomic E-state index is 0.0700. The van der Waals surface area contributed by atoms with Gasteiger partial charge in [0.15, 0.2) is 0 Å². The van der Waals surface area contributed by atoms with Gasteiger partial charge in [0.2, 0.25) is 11.8 Å². The summed E-state index contributed by atoms with van der Waals surface area (Å²) in [6.07, 6.45) is 0.104. The number of ether oxygens (including phenoxy) is 1. The zero-order valence-electron chi connectivity index (χ0n) is 13.6. The van der Waals surface area contributed by atoms with Gasteiger partial charge in [-0.05, 0) is 12.0 Å². The third-order valence-corrected chi connectivity index (χ3v) is 4.45. The molecular formula is C17H21N3O4. The smallest absolute Gasteiger partial charge is 0.410 e. The minimum atomic E-state index is -0.627. The molecule has 0 aromatic heterocycles. The van der Waals surface area contributed by atoms with Crippen molar-refractivity contribution in [3.8, 4) is 0 Å². The van der Waals surface area contributed by atoms with E-state index in [1.165, 1.54) is 4.90 Å². The molecule has 1 aromatic carbocycles. The average Bonchev–Trinajstić information content (AvgIpc) is 2.63. The van der Waals surface area contributed by atoms with Gasteiger partial charge in [-0.25, -0.2) is 4.79 Å². The molecule has 128 valence electrons. The van der Waals surface area contributed by atoms with Crippen molar-refractivity contribution in [2.24, 2.45) is 0 Å². The van der Waals surface area contributed by atoms with E-state index < -0.39 is 18.2 Å². The summed E-state index contributed by atoms with van der Waals surface area (Å²) in [7, 11) is 0. The summed E-state index contributed by atoms with van der Waals surface area (Å²) in [5.41, 5.74) is 0.904. The molecule has 3 amide bonds. The summed E-state index contributed by atoms with van der Waals surface area (Å²) < 4.78 is 5.30. The van der Waals surface area contributed by atoms with E-state index in [1.54, 1.807) is 4.90 Å². The van der Waals surface area contributed by atoms with E-state index in [4.69, 9.17) is 4.74 Å². The van der Waals surface area contributed by atoms with Crippen molar-refractivity contribution in [1.82, 2.24) is 15.1 Å². The molecule has 0 spiro atoms. The van der Waals surface area contributed by atoms with Crippen LogP contribution in [0.4, 0.5) is 4.79 Å². The molecule has 2 saturated heterocycles. The maximum Gasteiger partial charge on any atom is 0.410 e. The summed E-state index contributed by atoms with van der Waals surface area (Å²) in [5.74, 6) is -0.276. The van der Waals surface area contributed by atoms with E-state index in [2.05, 4.69) is 5.32 Å². The zero-order valence-corrected chi connectivity index (χ0v) is 13.6. The van der Waals surface area contributed by atoms with Crippen LogP contribution in [-0.2, 0) is 20.9 Å². The van der Waals surface area contributed by atoms with Crippen LogP contribution in [0.5, 0.6) is 0 Å². The topological polar surface area (TPSA) is 79.0 Å². The molecule has 0 saturated carbocycles. The Morgan fingerprint density at radius 2 is 2.00 bits per heavy atom. The van der Waals surface area contributed by atoms with Gasteiger partial charge in [-0.15, -0.1) is 0 Å². The molecule has 2 atom stereocenters. The van der Waals surface area contributed by atoms with Crippen LogP contribution < -0.4 is 5.32 Å². The monoisotopic (exact) mass is 331 g/mol. The fraction of sp³-hybridized carbons (Fsp3) is 0.471. The first-order valence-electron chi connectivity index (χ1n) is 8.16. The second kappa shape index (κ2) is 6.90. The van der Waals surface area contributed by atoms with Crippen molar-refractivity contribution >= 4 is 17.9 Å². The fourth-order valence-corrected chi connectivity index (χ4v) is 3.05. The Bertz CT molecular complexity index is 634. The Balaban J connectivity index is 1.59. The molecular weight excluding hydrogens is 310 g/mol. The summed E-state index contributed by atoms with van der Waals surface area (Å²) >= 11 is 0. The first-order chi connectivity index (χ1) is 11.6. The number of nitrogens with zero attached hydrogens (tertiary/aromatic N) is 2. The van der Waals surface area contributed by atoms with Gasteiger partial charge in [-0.2, -0.15) is 0 Å². The van der Waals surface area contributed by atoms with Gasteiger partial charge in [-0.3, -0.25) is 9.59 Å². The lowest BCUT2D eigenvalue weighted by atomic mass is 10.0. The quantitative estimate of drug-likeness (QED) is 0.886. The maximum atomic E-state index is 12.3. The second-order valence-corrected chi connectivity index (χ2v) is 6.00. The molecule has 7 nitrogen and oxygen atoms in total. The van der Waals surface area contributed by atoms with Crippen LogP contribution in [0.2, 0.25) is 0 Å². The Hall–Kier alpha value is -2.57. The van der Waals surface area contributed by atoms with Crippen LogP contribution in [0.1, 0.15) is 18.9 Å². The van der Waals surface area contributed by atoms with E-state index in [-0.39, 0.29) is 25.0 Å². The lowest BCUT2D eigenvalue weighted by Crippen LogP contribution is -2.69. The van der Waals surface area contributed by atoms with Crippen molar-refractivity contribution in [3.63, 3.8) is 0 Å². The highest BCUT2D eigenvalue weighted by molar-refractivity contribution is 5.97. The molecule has 1 aromatic rings. The highest BCUT2D eigenvalue weighted by Crippen LogP contribution is 2.18. The number of rotatable bonds is 3. The summed E-state index contributed by atoms with van der Waals surface area (Å²) in [5, 5.41) is 2.72. The highest BCUT2D eigenvalue weighted by atomic mass is 16.6. The molecule has 0 radical (unpaired) electrons. The molecule has 0 unspecified atom stereocenters. The SMILES string of the molecule is CC[C@@H]1NC(=O)[C@H]2CN(C(=O)OCc3ccccc3)CCN2C1=O. The van der Waals surface area contributed by atoms with E-state index in [1.807, 2.05) is 37.3 Å². The average molecular weight is 331 g/mol. The van der Waals surface area contributed by atoms with Gasteiger partial charge in [0.1, 0.15) is 18.7 Å². The number of nitrogens with one attached hydrogen (secondary N) is 1. The Morgan fingerprint density at radius 1 is 1.25 bits per heavy atom. The van der Waals surface area contributed by atoms with Crippen molar-refractivity contribution in [2.45, 2.75) is 32.0 Å². The van der Waals surface area contributed by atoms with Crippen molar-refractivity contribution in [2.75, 3.05) is 19.6 Å².